The van der Waals surface area contributed by atoms with Crippen LogP contribution in [0.2, 0.25) is 0 Å². The monoisotopic (exact) mass is 464 g/mol. The number of aryl methyl sites for hydroxylation is 2. The third kappa shape index (κ3) is 2.86. The third-order valence-corrected chi connectivity index (χ3v) is 9.16. The lowest BCUT2D eigenvalue weighted by atomic mass is 9.30. The fourth-order valence-electron chi connectivity index (χ4n) is 5.86. The van der Waals surface area contributed by atoms with Gasteiger partial charge in [0.25, 0.3) is 6.71 Å². The Bertz CT molecular complexity index is 1590. The highest BCUT2D eigenvalue weighted by Crippen LogP contribution is 2.41. The fourth-order valence-corrected chi connectivity index (χ4v) is 7.17. The van der Waals surface area contributed by atoms with Crippen LogP contribution in [-0.2, 0) is 15.3 Å². The second-order valence-electron chi connectivity index (χ2n) is 9.94. The normalized spacial score (nSPS) is 15.1. The van der Waals surface area contributed by atoms with Crippen LogP contribution in [0.15, 0.2) is 88.7 Å². The van der Waals surface area contributed by atoms with E-state index in [1.165, 1.54) is 22.2 Å². The van der Waals surface area contributed by atoms with Crippen LogP contribution in [0.5, 0.6) is 11.5 Å². The van der Waals surface area contributed by atoms with Crippen LogP contribution >= 0.6 is 0 Å². The number of hydrogen-bond acceptors (Lipinski definition) is 3. The number of ether oxygens (including phenoxy) is 1. The van der Waals surface area contributed by atoms with E-state index in [9.17, 15) is 8.42 Å². The van der Waals surface area contributed by atoms with Crippen molar-refractivity contribution in [3.8, 4) is 11.5 Å². The summed E-state index contributed by atoms with van der Waals surface area (Å²) >= 11 is 0. The first kappa shape index (κ1) is 21.2. The average Bonchev–Trinajstić information content (AvgIpc) is 2.82. The Hall–Kier alpha value is -3.31. The molecule has 0 spiro atoms. The van der Waals surface area contributed by atoms with E-state index in [1.54, 1.807) is 30.3 Å². The number of fused-ring (bicyclic) bond motifs is 4. The lowest BCUT2D eigenvalue weighted by Crippen LogP contribution is -2.62. The van der Waals surface area contributed by atoms with Crippen molar-refractivity contribution >= 4 is 32.9 Å². The molecule has 2 aliphatic heterocycles. The topological polar surface area (TPSA) is 43.4 Å². The molecule has 0 fully saturated rings. The summed E-state index contributed by atoms with van der Waals surface area (Å²) in [5, 5.41) is 0. The van der Waals surface area contributed by atoms with Gasteiger partial charge in [-0.15, -0.1) is 0 Å². The molecule has 5 heteroatoms. The lowest BCUT2D eigenvalue weighted by molar-refractivity contribution is 0.484. The predicted molar refractivity (Wildman–Crippen MR) is 138 cm³/mol. The van der Waals surface area contributed by atoms with Gasteiger partial charge in [-0.1, -0.05) is 67.3 Å². The minimum atomic E-state index is -3.62. The molecular weight excluding hydrogens is 439 g/mol. The van der Waals surface area contributed by atoms with Crippen LogP contribution in [0.1, 0.15) is 36.1 Å². The summed E-state index contributed by atoms with van der Waals surface area (Å²) in [4.78, 5) is 0.647. The predicted octanol–water partition coefficient (Wildman–Crippen LogP) is 4.40. The summed E-state index contributed by atoms with van der Waals surface area (Å²) in [6.07, 6.45) is 0. The smallest absolute Gasteiger partial charge is 0.251 e. The SMILES string of the molecule is Cc1ccc2c(c1)B1c3ccc(S(=O)(=O)c4ccccc4)cc3C(C)(C)c3c(C)ccc(c31)O2. The number of rotatable bonds is 2. The van der Waals surface area contributed by atoms with E-state index in [2.05, 4.69) is 52.0 Å². The lowest BCUT2D eigenvalue weighted by Gasteiger charge is -2.42. The van der Waals surface area contributed by atoms with E-state index < -0.39 is 9.84 Å². The van der Waals surface area contributed by atoms with E-state index >= 15 is 0 Å². The van der Waals surface area contributed by atoms with E-state index in [0.717, 1.165) is 28.0 Å². The highest BCUT2D eigenvalue weighted by molar-refractivity contribution is 7.91. The Labute approximate surface area is 201 Å². The van der Waals surface area contributed by atoms with E-state index in [-0.39, 0.29) is 12.1 Å². The molecule has 34 heavy (non-hydrogen) atoms. The zero-order valence-corrected chi connectivity index (χ0v) is 20.5. The Morgan fingerprint density at radius 1 is 0.765 bits per heavy atom. The molecule has 0 bridgehead atoms. The largest absolute Gasteiger partial charge is 0.458 e. The van der Waals surface area contributed by atoms with Gasteiger partial charge in [0, 0.05) is 5.41 Å². The quantitative estimate of drug-likeness (QED) is 0.364. The van der Waals surface area contributed by atoms with Crippen LogP contribution < -0.4 is 21.1 Å². The third-order valence-electron chi connectivity index (χ3n) is 7.40. The first-order valence-electron chi connectivity index (χ1n) is 11.6. The molecule has 168 valence electrons. The van der Waals surface area contributed by atoms with Gasteiger partial charge in [0.05, 0.1) is 9.79 Å². The molecule has 0 unspecified atom stereocenters. The van der Waals surface area contributed by atoms with Crippen molar-refractivity contribution in [1.29, 1.82) is 0 Å². The Balaban J connectivity index is 1.65. The van der Waals surface area contributed by atoms with Crippen molar-refractivity contribution in [2.75, 3.05) is 0 Å². The number of sulfone groups is 1. The second kappa shape index (κ2) is 7.10. The van der Waals surface area contributed by atoms with Crippen LogP contribution in [0.3, 0.4) is 0 Å². The van der Waals surface area contributed by atoms with Gasteiger partial charge in [0.15, 0.2) is 0 Å². The Kier molecular flexibility index (Phi) is 4.43. The fraction of sp³-hybridized carbons (Fsp3) is 0.172. The molecule has 0 aromatic heterocycles. The molecule has 0 aliphatic carbocycles. The minimum Gasteiger partial charge on any atom is -0.458 e. The Morgan fingerprint density at radius 3 is 2.26 bits per heavy atom. The van der Waals surface area contributed by atoms with Gasteiger partial charge in [0.1, 0.15) is 11.5 Å². The summed E-state index contributed by atoms with van der Waals surface area (Å²) in [5.74, 6) is 1.76. The van der Waals surface area contributed by atoms with Crippen molar-refractivity contribution in [2.24, 2.45) is 0 Å². The summed E-state index contributed by atoms with van der Waals surface area (Å²) in [6, 6.07) is 24.8. The van der Waals surface area contributed by atoms with Gasteiger partial charge >= 0.3 is 0 Å². The number of hydrogen-bond donors (Lipinski definition) is 0. The molecule has 0 saturated carbocycles. The molecule has 0 radical (unpaired) electrons. The molecule has 2 heterocycles. The zero-order valence-electron chi connectivity index (χ0n) is 19.7. The van der Waals surface area contributed by atoms with Gasteiger partial charge in [-0.25, -0.2) is 8.42 Å². The molecule has 0 N–H and O–H groups in total. The van der Waals surface area contributed by atoms with Gasteiger partial charge in [-0.2, -0.15) is 0 Å². The van der Waals surface area contributed by atoms with Crippen molar-refractivity contribution in [2.45, 2.75) is 42.9 Å². The first-order chi connectivity index (χ1) is 16.2. The highest BCUT2D eigenvalue weighted by atomic mass is 32.2. The van der Waals surface area contributed by atoms with Gasteiger partial charge < -0.3 is 4.74 Å². The van der Waals surface area contributed by atoms with Crippen molar-refractivity contribution in [1.82, 2.24) is 0 Å². The van der Waals surface area contributed by atoms with E-state index in [1.807, 2.05) is 24.3 Å². The molecule has 2 aliphatic rings. The molecule has 0 saturated heterocycles. The molecule has 0 amide bonds. The van der Waals surface area contributed by atoms with E-state index in [0.29, 0.717) is 9.79 Å². The number of benzene rings is 4. The van der Waals surface area contributed by atoms with Crippen LogP contribution in [-0.4, -0.2) is 15.1 Å². The highest BCUT2D eigenvalue weighted by Gasteiger charge is 2.46. The zero-order chi connectivity index (χ0) is 23.8. The van der Waals surface area contributed by atoms with Gasteiger partial charge in [0.2, 0.25) is 9.84 Å². The van der Waals surface area contributed by atoms with Crippen molar-refractivity contribution in [3.05, 3.63) is 101 Å². The van der Waals surface area contributed by atoms with Gasteiger partial charge in [-0.3, -0.25) is 0 Å². The first-order valence-corrected chi connectivity index (χ1v) is 13.0. The summed E-state index contributed by atoms with van der Waals surface area (Å²) in [5.41, 5.74) is 7.75. The molecule has 3 nitrogen and oxygen atoms in total. The molecule has 6 rings (SSSR count). The van der Waals surface area contributed by atoms with Crippen LogP contribution in [0.25, 0.3) is 0 Å². The maximum absolute atomic E-state index is 13.5. The Morgan fingerprint density at radius 2 is 1.50 bits per heavy atom. The van der Waals surface area contributed by atoms with Crippen LogP contribution in [0, 0.1) is 13.8 Å². The average molecular weight is 464 g/mol. The van der Waals surface area contributed by atoms with Crippen molar-refractivity contribution in [3.63, 3.8) is 0 Å². The maximum Gasteiger partial charge on any atom is 0.251 e. The molecule has 0 atom stereocenters. The summed E-state index contributed by atoms with van der Waals surface area (Å²) in [7, 11) is -3.62. The molecule has 4 aromatic carbocycles. The second-order valence-corrected chi connectivity index (χ2v) is 11.9. The minimum absolute atomic E-state index is 0.00468. The van der Waals surface area contributed by atoms with Crippen molar-refractivity contribution < 1.29 is 13.2 Å². The van der Waals surface area contributed by atoms with Gasteiger partial charge in [-0.05, 0) is 77.9 Å². The molecular formula is C29H25BO3S. The molecule has 4 aromatic rings. The standard InChI is InChI=1S/C29H25BO3S/c1-18-10-14-25-24(16-18)30-23-13-12-21(34(31,32)20-8-6-5-7-9-20)17-22(23)29(3,4)27-19(2)11-15-26(33-25)28(27)30/h5-17H,1-4H3. The van der Waals surface area contributed by atoms with Crippen LogP contribution in [0.4, 0.5) is 0 Å². The summed E-state index contributed by atoms with van der Waals surface area (Å²) < 4.78 is 33.3. The maximum atomic E-state index is 13.5. The summed E-state index contributed by atoms with van der Waals surface area (Å²) in [6.45, 7) is 8.61. The van der Waals surface area contributed by atoms with E-state index in [4.69, 9.17) is 4.74 Å².